The van der Waals surface area contributed by atoms with Gasteiger partial charge in [0.25, 0.3) is 0 Å². The van der Waals surface area contributed by atoms with Gasteiger partial charge in [0.05, 0.1) is 5.92 Å². The second-order valence-electron chi connectivity index (χ2n) is 6.53. The predicted octanol–water partition coefficient (Wildman–Crippen LogP) is 3.35. The van der Waals surface area contributed by atoms with E-state index in [1.807, 2.05) is 62.4 Å². The Morgan fingerprint density at radius 3 is 2.19 bits per heavy atom. The van der Waals surface area contributed by atoms with Gasteiger partial charge < -0.3 is 15.4 Å². The lowest BCUT2D eigenvalue weighted by Crippen LogP contribution is -2.37. The average molecular weight is 352 g/mol. The van der Waals surface area contributed by atoms with Gasteiger partial charge in [0, 0.05) is 30.1 Å². The number of fused-ring (bicyclic) bond motifs is 2. The highest BCUT2D eigenvalue weighted by atomic mass is 16.5. The SMILES string of the molecule is CCC(C)NC(=O)CCNC(=O)C1c2ccccc2Oc2ccccc21. The Morgan fingerprint density at radius 2 is 1.62 bits per heavy atom. The maximum absolute atomic E-state index is 12.9. The number of para-hydroxylation sites is 2. The number of amides is 2. The number of hydrogen-bond acceptors (Lipinski definition) is 3. The number of carbonyl (C=O) groups excluding carboxylic acids is 2. The summed E-state index contributed by atoms with van der Waals surface area (Å²) in [5, 5.41) is 5.80. The Balaban J connectivity index is 1.70. The first-order valence-corrected chi connectivity index (χ1v) is 9.03. The summed E-state index contributed by atoms with van der Waals surface area (Å²) in [6, 6.07) is 15.3. The highest BCUT2D eigenvalue weighted by Crippen LogP contribution is 2.43. The monoisotopic (exact) mass is 352 g/mol. The van der Waals surface area contributed by atoms with Crippen molar-refractivity contribution in [3.05, 3.63) is 59.7 Å². The van der Waals surface area contributed by atoms with Gasteiger partial charge in [0.1, 0.15) is 11.5 Å². The van der Waals surface area contributed by atoms with E-state index in [2.05, 4.69) is 10.6 Å². The van der Waals surface area contributed by atoms with Crippen LogP contribution in [0.1, 0.15) is 43.7 Å². The van der Waals surface area contributed by atoms with Crippen LogP contribution in [0.15, 0.2) is 48.5 Å². The summed E-state index contributed by atoms with van der Waals surface area (Å²) in [4.78, 5) is 24.8. The lowest BCUT2D eigenvalue weighted by molar-refractivity contribution is -0.123. The first-order chi connectivity index (χ1) is 12.6. The second-order valence-corrected chi connectivity index (χ2v) is 6.53. The van der Waals surface area contributed by atoms with Crippen LogP contribution in [0.2, 0.25) is 0 Å². The summed E-state index contributed by atoms with van der Waals surface area (Å²) in [5.41, 5.74) is 1.68. The van der Waals surface area contributed by atoms with Crippen molar-refractivity contribution in [2.75, 3.05) is 6.54 Å². The van der Waals surface area contributed by atoms with Crippen molar-refractivity contribution >= 4 is 11.8 Å². The molecule has 0 bridgehead atoms. The quantitative estimate of drug-likeness (QED) is 0.838. The molecule has 26 heavy (non-hydrogen) atoms. The molecule has 2 aromatic carbocycles. The van der Waals surface area contributed by atoms with Gasteiger partial charge in [-0.2, -0.15) is 0 Å². The summed E-state index contributed by atoms with van der Waals surface area (Å²) < 4.78 is 5.91. The molecule has 0 spiro atoms. The summed E-state index contributed by atoms with van der Waals surface area (Å²) >= 11 is 0. The van der Waals surface area contributed by atoms with Crippen molar-refractivity contribution < 1.29 is 14.3 Å². The number of nitrogens with one attached hydrogen (secondary N) is 2. The van der Waals surface area contributed by atoms with Gasteiger partial charge in [-0.25, -0.2) is 0 Å². The third-order valence-corrected chi connectivity index (χ3v) is 4.61. The number of benzene rings is 2. The van der Waals surface area contributed by atoms with Gasteiger partial charge >= 0.3 is 0 Å². The van der Waals surface area contributed by atoms with Crippen molar-refractivity contribution in [1.29, 1.82) is 0 Å². The van der Waals surface area contributed by atoms with Crippen molar-refractivity contribution in [3.63, 3.8) is 0 Å². The minimum Gasteiger partial charge on any atom is -0.457 e. The van der Waals surface area contributed by atoms with Crippen molar-refractivity contribution in [3.8, 4) is 11.5 Å². The van der Waals surface area contributed by atoms with Crippen LogP contribution in [0.3, 0.4) is 0 Å². The minimum absolute atomic E-state index is 0.0487. The van der Waals surface area contributed by atoms with Crippen LogP contribution < -0.4 is 15.4 Å². The van der Waals surface area contributed by atoms with Crippen LogP contribution in [0, 0.1) is 0 Å². The zero-order chi connectivity index (χ0) is 18.5. The molecule has 136 valence electrons. The molecular formula is C21H24N2O3. The molecule has 1 aliphatic heterocycles. The highest BCUT2D eigenvalue weighted by molar-refractivity contribution is 5.90. The fourth-order valence-electron chi connectivity index (χ4n) is 3.04. The molecule has 0 aliphatic carbocycles. The van der Waals surface area contributed by atoms with E-state index in [0.29, 0.717) is 18.0 Å². The minimum atomic E-state index is -0.436. The van der Waals surface area contributed by atoms with Gasteiger partial charge in [-0.3, -0.25) is 9.59 Å². The van der Waals surface area contributed by atoms with Gasteiger partial charge in [0.2, 0.25) is 11.8 Å². The first-order valence-electron chi connectivity index (χ1n) is 9.03. The van der Waals surface area contributed by atoms with Gasteiger partial charge in [-0.1, -0.05) is 43.3 Å². The van der Waals surface area contributed by atoms with Crippen LogP contribution in [0.5, 0.6) is 11.5 Å². The molecule has 0 saturated carbocycles. The molecule has 5 nitrogen and oxygen atoms in total. The molecule has 2 aromatic rings. The Hall–Kier alpha value is -2.82. The molecule has 0 aromatic heterocycles. The maximum Gasteiger partial charge on any atom is 0.232 e. The Morgan fingerprint density at radius 1 is 1.04 bits per heavy atom. The topological polar surface area (TPSA) is 67.4 Å². The second kappa shape index (κ2) is 8.04. The molecule has 1 unspecified atom stereocenters. The molecular weight excluding hydrogens is 328 g/mol. The lowest BCUT2D eigenvalue weighted by Gasteiger charge is -2.27. The van der Waals surface area contributed by atoms with Gasteiger partial charge in [-0.15, -0.1) is 0 Å². The van der Waals surface area contributed by atoms with Gasteiger partial charge in [-0.05, 0) is 25.5 Å². The number of hydrogen-bond donors (Lipinski definition) is 2. The number of ether oxygens (including phenoxy) is 1. The van der Waals surface area contributed by atoms with E-state index in [-0.39, 0.29) is 24.3 Å². The normalized spacial score (nSPS) is 13.8. The summed E-state index contributed by atoms with van der Waals surface area (Å²) in [6.07, 6.45) is 1.15. The van der Waals surface area contributed by atoms with E-state index >= 15 is 0 Å². The molecule has 1 aliphatic rings. The number of carbonyl (C=O) groups is 2. The third kappa shape index (κ3) is 3.87. The molecule has 2 amide bonds. The lowest BCUT2D eigenvalue weighted by atomic mass is 9.87. The van der Waals surface area contributed by atoms with E-state index in [1.165, 1.54) is 0 Å². The number of rotatable bonds is 6. The molecule has 0 radical (unpaired) electrons. The molecule has 0 fully saturated rings. The average Bonchev–Trinajstić information content (AvgIpc) is 2.65. The van der Waals surface area contributed by atoms with E-state index in [9.17, 15) is 9.59 Å². The zero-order valence-corrected chi connectivity index (χ0v) is 15.1. The highest BCUT2D eigenvalue weighted by Gasteiger charge is 2.32. The molecule has 0 saturated heterocycles. The van der Waals surface area contributed by atoms with Crippen LogP contribution in [0.4, 0.5) is 0 Å². The molecule has 2 N–H and O–H groups in total. The summed E-state index contributed by atoms with van der Waals surface area (Å²) in [7, 11) is 0. The standard InChI is InChI=1S/C21H24N2O3/c1-3-14(2)23-19(24)12-13-22-21(25)20-15-8-4-6-10-17(15)26-18-11-7-5-9-16(18)20/h4-11,14,20H,3,12-13H2,1-2H3,(H,22,25)(H,23,24). The molecule has 5 heteroatoms. The largest absolute Gasteiger partial charge is 0.457 e. The summed E-state index contributed by atoms with van der Waals surface area (Å²) in [5.74, 6) is 0.785. The van der Waals surface area contributed by atoms with Gasteiger partial charge in [0.15, 0.2) is 0 Å². The third-order valence-electron chi connectivity index (χ3n) is 4.61. The Labute approximate surface area is 153 Å². The smallest absolute Gasteiger partial charge is 0.232 e. The van der Waals surface area contributed by atoms with Crippen molar-refractivity contribution in [2.45, 2.75) is 38.6 Å². The van der Waals surface area contributed by atoms with E-state index in [4.69, 9.17) is 4.74 Å². The van der Waals surface area contributed by atoms with Crippen LogP contribution >= 0.6 is 0 Å². The first kappa shape index (κ1) is 18.0. The molecule has 1 atom stereocenters. The van der Waals surface area contributed by atoms with E-state index in [1.54, 1.807) is 0 Å². The summed E-state index contributed by atoms with van der Waals surface area (Å²) in [6.45, 7) is 4.29. The zero-order valence-electron chi connectivity index (χ0n) is 15.1. The molecule has 3 rings (SSSR count). The van der Waals surface area contributed by atoms with Crippen LogP contribution in [0.25, 0.3) is 0 Å². The van der Waals surface area contributed by atoms with Crippen LogP contribution in [-0.4, -0.2) is 24.4 Å². The van der Waals surface area contributed by atoms with Crippen molar-refractivity contribution in [1.82, 2.24) is 10.6 Å². The van der Waals surface area contributed by atoms with Crippen molar-refractivity contribution in [2.24, 2.45) is 0 Å². The fraction of sp³-hybridized carbons (Fsp3) is 0.333. The van der Waals surface area contributed by atoms with E-state index in [0.717, 1.165) is 17.5 Å². The Kier molecular flexibility index (Phi) is 5.56. The fourth-order valence-corrected chi connectivity index (χ4v) is 3.04. The van der Waals surface area contributed by atoms with E-state index < -0.39 is 5.92 Å². The Bertz CT molecular complexity index is 758. The maximum atomic E-state index is 12.9. The molecule has 1 heterocycles. The van der Waals surface area contributed by atoms with Crippen LogP contribution in [-0.2, 0) is 9.59 Å². The predicted molar refractivity (Wildman–Crippen MR) is 100 cm³/mol.